The van der Waals surface area contributed by atoms with Crippen molar-refractivity contribution in [3.8, 4) is 0 Å². The summed E-state index contributed by atoms with van der Waals surface area (Å²) in [6.07, 6.45) is 2.31. The zero-order valence-electron chi connectivity index (χ0n) is 9.67. The van der Waals surface area contributed by atoms with E-state index in [9.17, 15) is 5.11 Å². The lowest BCUT2D eigenvalue weighted by molar-refractivity contribution is -0.0140. The molecule has 1 fully saturated rings. The maximum Gasteiger partial charge on any atom is 0.0591 e. The van der Waals surface area contributed by atoms with Gasteiger partial charge in [0.1, 0.15) is 0 Å². The summed E-state index contributed by atoms with van der Waals surface area (Å²) in [6.45, 7) is 11.3. The second kappa shape index (κ2) is 3.61. The van der Waals surface area contributed by atoms with Crippen molar-refractivity contribution in [1.82, 2.24) is 0 Å². The number of aliphatic hydroxyl groups is 1. The van der Waals surface area contributed by atoms with Gasteiger partial charge in [0.15, 0.2) is 0 Å². The van der Waals surface area contributed by atoms with Crippen LogP contribution in [0.25, 0.3) is 0 Å². The van der Waals surface area contributed by atoms with Crippen LogP contribution in [-0.2, 0) is 0 Å². The molecule has 0 aliphatic heterocycles. The van der Waals surface area contributed by atoms with Crippen molar-refractivity contribution in [2.24, 2.45) is 23.2 Å². The van der Waals surface area contributed by atoms with Crippen LogP contribution >= 0.6 is 0 Å². The summed E-state index contributed by atoms with van der Waals surface area (Å²) in [6, 6.07) is 0. The molecule has 0 amide bonds. The van der Waals surface area contributed by atoms with Crippen molar-refractivity contribution >= 4 is 0 Å². The van der Waals surface area contributed by atoms with E-state index < -0.39 is 0 Å². The summed E-state index contributed by atoms with van der Waals surface area (Å²) in [5.74, 6) is 1.74. The first kappa shape index (κ1) is 11.0. The van der Waals surface area contributed by atoms with Crippen molar-refractivity contribution in [1.29, 1.82) is 0 Å². The normalized spacial score (nSPS) is 42.0. The van der Waals surface area contributed by atoms with E-state index in [1.165, 1.54) is 12.8 Å². The topological polar surface area (TPSA) is 20.2 Å². The fourth-order valence-corrected chi connectivity index (χ4v) is 2.54. The summed E-state index contributed by atoms with van der Waals surface area (Å²) in [5.41, 5.74) is 0.405. The Morgan fingerprint density at radius 1 is 1.00 bits per heavy atom. The minimum atomic E-state index is -0.0707. The molecular formula is C12H24O. The molecule has 1 saturated carbocycles. The number of hydrogen-bond donors (Lipinski definition) is 1. The van der Waals surface area contributed by atoms with Gasteiger partial charge in [-0.15, -0.1) is 0 Å². The number of hydrogen-bond acceptors (Lipinski definition) is 1. The average Bonchev–Trinajstić information content (AvgIpc) is 1.97. The lowest BCUT2D eigenvalue weighted by Crippen LogP contribution is -2.38. The Labute approximate surface area is 82.5 Å². The molecule has 0 spiro atoms. The van der Waals surface area contributed by atoms with E-state index in [0.29, 0.717) is 17.3 Å². The van der Waals surface area contributed by atoms with Crippen LogP contribution in [0.4, 0.5) is 0 Å². The van der Waals surface area contributed by atoms with Gasteiger partial charge in [-0.25, -0.2) is 0 Å². The van der Waals surface area contributed by atoms with E-state index >= 15 is 0 Å². The van der Waals surface area contributed by atoms with Gasteiger partial charge in [0.05, 0.1) is 6.10 Å². The molecule has 0 radical (unpaired) electrons. The van der Waals surface area contributed by atoms with Crippen LogP contribution in [-0.4, -0.2) is 11.2 Å². The van der Waals surface area contributed by atoms with Gasteiger partial charge in [-0.1, -0.05) is 34.6 Å². The minimum absolute atomic E-state index is 0.0707. The largest absolute Gasteiger partial charge is 0.393 e. The Balaban J connectivity index is 2.64. The first-order valence-corrected chi connectivity index (χ1v) is 5.50. The highest BCUT2D eigenvalue weighted by atomic mass is 16.3. The molecule has 0 saturated heterocycles. The molecule has 1 N–H and O–H groups in total. The van der Waals surface area contributed by atoms with E-state index in [2.05, 4.69) is 34.6 Å². The third-order valence-corrected chi connectivity index (χ3v) is 3.70. The molecule has 1 aliphatic carbocycles. The van der Waals surface area contributed by atoms with Crippen LogP contribution in [0.15, 0.2) is 0 Å². The van der Waals surface area contributed by atoms with E-state index in [1.54, 1.807) is 0 Å². The highest BCUT2D eigenvalue weighted by molar-refractivity contribution is 4.87. The molecule has 13 heavy (non-hydrogen) atoms. The van der Waals surface area contributed by atoms with Gasteiger partial charge in [0.25, 0.3) is 0 Å². The molecule has 2 unspecified atom stereocenters. The summed E-state index contributed by atoms with van der Waals surface area (Å²) in [7, 11) is 0. The Morgan fingerprint density at radius 3 is 1.69 bits per heavy atom. The van der Waals surface area contributed by atoms with Crippen LogP contribution < -0.4 is 0 Å². The molecule has 0 bridgehead atoms. The van der Waals surface area contributed by atoms with E-state index in [4.69, 9.17) is 0 Å². The van der Waals surface area contributed by atoms with Gasteiger partial charge >= 0.3 is 0 Å². The zero-order chi connectivity index (χ0) is 10.2. The van der Waals surface area contributed by atoms with Crippen molar-refractivity contribution in [2.45, 2.75) is 53.6 Å². The van der Waals surface area contributed by atoms with Gasteiger partial charge in [0.2, 0.25) is 0 Å². The first-order valence-electron chi connectivity index (χ1n) is 5.50. The average molecular weight is 184 g/mol. The monoisotopic (exact) mass is 184 g/mol. The van der Waals surface area contributed by atoms with Crippen molar-refractivity contribution in [2.75, 3.05) is 0 Å². The Hall–Kier alpha value is -0.0400. The SMILES string of the molecule is C[C@@H]1CC(C(C)(C)C)C[C@H](C)C1O. The van der Waals surface area contributed by atoms with Crippen molar-refractivity contribution in [3.63, 3.8) is 0 Å². The molecular weight excluding hydrogens is 160 g/mol. The smallest absolute Gasteiger partial charge is 0.0591 e. The third-order valence-electron chi connectivity index (χ3n) is 3.70. The van der Waals surface area contributed by atoms with Crippen molar-refractivity contribution in [3.05, 3.63) is 0 Å². The molecule has 1 heteroatoms. The summed E-state index contributed by atoms with van der Waals surface area (Å²) in [4.78, 5) is 0. The zero-order valence-corrected chi connectivity index (χ0v) is 9.67. The van der Waals surface area contributed by atoms with Gasteiger partial charge in [-0.2, -0.15) is 0 Å². The van der Waals surface area contributed by atoms with E-state index in [0.717, 1.165) is 5.92 Å². The third kappa shape index (κ3) is 2.46. The predicted octanol–water partition coefficient (Wildman–Crippen LogP) is 3.08. The predicted molar refractivity (Wildman–Crippen MR) is 56.5 cm³/mol. The second-order valence-corrected chi connectivity index (χ2v) is 5.98. The minimum Gasteiger partial charge on any atom is -0.393 e. The standard InChI is InChI=1S/C12H24O/c1-8-6-10(12(3,4)5)7-9(2)11(8)13/h8-11,13H,6-7H2,1-5H3/t8-,9+,10?,11?. The molecule has 0 heterocycles. The van der Waals surface area contributed by atoms with Gasteiger partial charge < -0.3 is 5.11 Å². The van der Waals surface area contributed by atoms with Gasteiger partial charge in [-0.05, 0) is 36.0 Å². The van der Waals surface area contributed by atoms with Gasteiger partial charge in [0, 0.05) is 0 Å². The Morgan fingerprint density at radius 2 is 1.38 bits per heavy atom. The van der Waals surface area contributed by atoms with Crippen LogP contribution in [0.5, 0.6) is 0 Å². The van der Waals surface area contributed by atoms with E-state index in [-0.39, 0.29) is 6.10 Å². The van der Waals surface area contributed by atoms with Crippen LogP contribution in [0.1, 0.15) is 47.5 Å². The van der Waals surface area contributed by atoms with Crippen molar-refractivity contribution < 1.29 is 5.11 Å². The summed E-state index contributed by atoms with van der Waals surface area (Å²) < 4.78 is 0. The molecule has 0 aromatic rings. The second-order valence-electron chi connectivity index (χ2n) is 5.98. The van der Waals surface area contributed by atoms with E-state index in [1.807, 2.05) is 0 Å². The van der Waals surface area contributed by atoms with Crippen LogP contribution in [0.3, 0.4) is 0 Å². The maximum absolute atomic E-state index is 9.83. The summed E-state index contributed by atoms with van der Waals surface area (Å²) >= 11 is 0. The quantitative estimate of drug-likeness (QED) is 0.613. The molecule has 4 atom stereocenters. The molecule has 0 aromatic carbocycles. The van der Waals surface area contributed by atoms with Gasteiger partial charge in [-0.3, -0.25) is 0 Å². The molecule has 1 aliphatic rings. The fraction of sp³-hybridized carbons (Fsp3) is 1.00. The summed E-state index contributed by atoms with van der Waals surface area (Å²) in [5, 5.41) is 9.83. The molecule has 1 rings (SSSR count). The highest BCUT2D eigenvalue weighted by Crippen LogP contribution is 2.42. The fourth-order valence-electron chi connectivity index (χ4n) is 2.54. The lowest BCUT2D eigenvalue weighted by atomic mass is 9.65. The number of aliphatic hydroxyl groups excluding tert-OH is 1. The lowest BCUT2D eigenvalue weighted by Gasteiger charge is -2.42. The van der Waals surface area contributed by atoms with Crippen LogP contribution in [0.2, 0.25) is 0 Å². The molecule has 78 valence electrons. The Bertz CT molecular complexity index is 156. The Kier molecular flexibility index (Phi) is 3.06. The van der Waals surface area contributed by atoms with Crippen LogP contribution in [0, 0.1) is 23.2 Å². The maximum atomic E-state index is 9.83. The highest BCUT2D eigenvalue weighted by Gasteiger charge is 2.36. The molecule has 0 aromatic heterocycles. The first-order chi connectivity index (χ1) is 5.82. The molecule has 1 nitrogen and oxygen atoms in total. The number of rotatable bonds is 0.